The fourth-order valence-corrected chi connectivity index (χ4v) is 2.00. The molecule has 0 saturated carbocycles. The van der Waals surface area contributed by atoms with Crippen LogP contribution in [-0.4, -0.2) is 17.1 Å². The smallest absolute Gasteiger partial charge is 0.118 e. The topological polar surface area (TPSA) is 47.0 Å². The van der Waals surface area contributed by atoms with Crippen molar-refractivity contribution in [2.45, 2.75) is 25.9 Å². The Hall–Kier alpha value is -1.94. The van der Waals surface area contributed by atoms with Gasteiger partial charge in [0.1, 0.15) is 12.1 Å². The zero-order chi connectivity index (χ0) is 13.5. The van der Waals surface area contributed by atoms with Gasteiger partial charge in [0.25, 0.3) is 0 Å². The van der Waals surface area contributed by atoms with Gasteiger partial charge in [-0.2, -0.15) is 0 Å². The Balaban J connectivity index is 1.99. The molecule has 4 nitrogen and oxygen atoms in total. The van der Waals surface area contributed by atoms with Crippen LogP contribution < -0.4 is 10.1 Å². The molecule has 0 fully saturated rings. The van der Waals surface area contributed by atoms with Crippen LogP contribution in [0.3, 0.4) is 0 Å². The summed E-state index contributed by atoms with van der Waals surface area (Å²) in [5.41, 5.74) is 2.36. The largest absolute Gasteiger partial charge is 0.497 e. The van der Waals surface area contributed by atoms with Crippen LogP contribution in [0.2, 0.25) is 0 Å². The first-order valence-corrected chi connectivity index (χ1v) is 6.44. The molecule has 0 bridgehead atoms. The van der Waals surface area contributed by atoms with Gasteiger partial charge in [0.2, 0.25) is 0 Å². The first kappa shape index (κ1) is 13.5. The molecule has 0 aliphatic heterocycles. The number of rotatable bonds is 6. The number of hydrogen-bond donors (Lipinski definition) is 1. The van der Waals surface area contributed by atoms with E-state index < -0.39 is 0 Å². The van der Waals surface area contributed by atoms with Crippen molar-refractivity contribution in [2.24, 2.45) is 0 Å². The molecule has 0 saturated heterocycles. The lowest BCUT2D eigenvalue weighted by Gasteiger charge is -2.17. The predicted molar refractivity (Wildman–Crippen MR) is 74.9 cm³/mol. The summed E-state index contributed by atoms with van der Waals surface area (Å²) in [7, 11) is 1.68. The second kappa shape index (κ2) is 6.85. The summed E-state index contributed by atoms with van der Waals surface area (Å²) in [6, 6.07) is 8.51. The first-order valence-electron chi connectivity index (χ1n) is 6.44. The number of aromatic nitrogens is 2. The molecule has 0 aliphatic carbocycles. The maximum Gasteiger partial charge on any atom is 0.118 e. The van der Waals surface area contributed by atoms with E-state index in [1.807, 2.05) is 24.5 Å². The van der Waals surface area contributed by atoms with Gasteiger partial charge < -0.3 is 10.1 Å². The Kier molecular flexibility index (Phi) is 4.86. The van der Waals surface area contributed by atoms with Gasteiger partial charge in [0.05, 0.1) is 7.11 Å². The third-order valence-corrected chi connectivity index (χ3v) is 3.09. The highest BCUT2D eigenvalue weighted by Gasteiger charge is 2.08. The first-order chi connectivity index (χ1) is 9.33. The minimum Gasteiger partial charge on any atom is -0.497 e. The minimum absolute atomic E-state index is 0.325. The van der Waals surface area contributed by atoms with Crippen molar-refractivity contribution in [3.63, 3.8) is 0 Å². The average molecular weight is 257 g/mol. The lowest BCUT2D eigenvalue weighted by atomic mass is 10.0. The Morgan fingerprint density at radius 1 is 1.16 bits per heavy atom. The van der Waals surface area contributed by atoms with Crippen molar-refractivity contribution >= 4 is 0 Å². The molecule has 19 heavy (non-hydrogen) atoms. The van der Waals surface area contributed by atoms with Crippen molar-refractivity contribution < 1.29 is 4.74 Å². The molecular weight excluding hydrogens is 238 g/mol. The molecule has 1 N–H and O–H groups in total. The van der Waals surface area contributed by atoms with Crippen LogP contribution >= 0.6 is 0 Å². The number of benzene rings is 1. The van der Waals surface area contributed by atoms with E-state index in [1.165, 1.54) is 5.56 Å². The molecule has 4 heteroatoms. The number of hydrogen-bond acceptors (Lipinski definition) is 4. The maximum atomic E-state index is 5.17. The van der Waals surface area contributed by atoms with Crippen LogP contribution in [0.4, 0.5) is 0 Å². The van der Waals surface area contributed by atoms with Gasteiger partial charge in [0.15, 0.2) is 0 Å². The summed E-state index contributed by atoms with van der Waals surface area (Å²) < 4.78 is 5.17. The highest BCUT2D eigenvalue weighted by Crippen LogP contribution is 2.20. The third-order valence-electron chi connectivity index (χ3n) is 3.09. The number of methoxy groups -OCH3 is 1. The predicted octanol–water partition coefficient (Wildman–Crippen LogP) is 2.73. The van der Waals surface area contributed by atoms with Gasteiger partial charge >= 0.3 is 0 Å². The highest BCUT2D eigenvalue weighted by atomic mass is 16.5. The van der Waals surface area contributed by atoms with Gasteiger partial charge in [0, 0.05) is 30.5 Å². The van der Waals surface area contributed by atoms with E-state index >= 15 is 0 Å². The third kappa shape index (κ3) is 3.76. The molecule has 1 aromatic carbocycles. The van der Waals surface area contributed by atoms with Gasteiger partial charge in [-0.25, -0.2) is 9.97 Å². The molecule has 100 valence electrons. The molecule has 1 atom stereocenters. The van der Waals surface area contributed by atoms with Crippen LogP contribution in [0.1, 0.15) is 30.5 Å². The number of ether oxygens (including phenoxy) is 1. The summed E-state index contributed by atoms with van der Waals surface area (Å²) in [4.78, 5) is 8.03. The SMILES string of the molecule is CCC(NCc1cncnc1)c1ccc(OC)cc1. The molecule has 2 aromatic rings. The van der Waals surface area contributed by atoms with E-state index in [4.69, 9.17) is 4.74 Å². The molecule has 1 aromatic heterocycles. The van der Waals surface area contributed by atoms with E-state index in [2.05, 4.69) is 34.3 Å². The van der Waals surface area contributed by atoms with E-state index in [0.717, 1.165) is 24.3 Å². The molecular formula is C15H19N3O. The second-order valence-electron chi connectivity index (χ2n) is 4.36. The lowest BCUT2D eigenvalue weighted by Crippen LogP contribution is -2.20. The quantitative estimate of drug-likeness (QED) is 0.864. The zero-order valence-electron chi connectivity index (χ0n) is 11.3. The maximum absolute atomic E-state index is 5.17. The summed E-state index contributed by atoms with van der Waals surface area (Å²) in [5, 5.41) is 3.52. The number of nitrogens with zero attached hydrogens (tertiary/aromatic N) is 2. The van der Waals surface area contributed by atoms with Crippen LogP contribution in [0.15, 0.2) is 43.0 Å². The summed E-state index contributed by atoms with van der Waals surface area (Å²) >= 11 is 0. The fraction of sp³-hybridized carbons (Fsp3) is 0.333. The molecule has 0 spiro atoms. The molecule has 1 unspecified atom stereocenters. The molecule has 0 radical (unpaired) electrons. The number of nitrogens with one attached hydrogen (secondary N) is 1. The van der Waals surface area contributed by atoms with E-state index in [0.29, 0.717) is 6.04 Å². The van der Waals surface area contributed by atoms with Gasteiger partial charge in [-0.05, 0) is 24.1 Å². The fourth-order valence-electron chi connectivity index (χ4n) is 2.00. The van der Waals surface area contributed by atoms with Gasteiger partial charge in [-0.3, -0.25) is 0 Å². The van der Waals surface area contributed by atoms with Gasteiger partial charge in [-0.15, -0.1) is 0 Å². The minimum atomic E-state index is 0.325. The van der Waals surface area contributed by atoms with Crippen LogP contribution in [0.5, 0.6) is 5.75 Å². The Morgan fingerprint density at radius 3 is 2.42 bits per heavy atom. The monoisotopic (exact) mass is 257 g/mol. The summed E-state index contributed by atoms with van der Waals surface area (Å²) in [6.45, 7) is 2.94. The van der Waals surface area contributed by atoms with Crippen LogP contribution in [0.25, 0.3) is 0 Å². The molecule has 0 amide bonds. The van der Waals surface area contributed by atoms with Crippen molar-refractivity contribution in [3.05, 3.63) is 54.1 Å². The van der Waals surface area contributed by atoms with Crippen molar-refractivity contribution in [3.8, 4) is 5.75 Å². The van der Waals surface area contributed by atoms with Crippen molar-refractivity contribution in [1.82, 2.24) is 15.3 Å². The molecule has 2 rings (SSSR count). The Bertz CT molecular complexity index is 485. The summed E-state index contributed by atoms with van der Waals surface area (Å²) in [6.07, 6.45) is 6.24. The van der Waals surface area contributed by atoms with Crippen LogP contribution in [-0.2, 0) is 6.54 Å². The second-order valence-corrected chi connectivity index (χ2v) is 4.36. The Morgan fingerprint density at radius 2 is 1.84 bits per heavy atom. The van der Waals surface area contributed by atoms with E-state index in [1.54, 1.807) is 13.4 Å². The standard InChI is InChI=1S/C15H19N3O/c1-3-15(13-4-6-14(19-2)7-5-13)18-10-12-8-16-11-17-9-12/h4-9,11,15,18H,3,10H2,1-2H3. The normalized spacial score (nSPS) is 12.1. The molecule has 1 heterocycles. The van der Waals surface area contributed by atoms with E-state index in [9.17, 15) is 0 Å². The zero-order valence-corrected chi connectivity index (χ0v) is 11.3. The molecule has 0 aliphatic rings. The average Bonchev–Trinajstić information content (AvgIpc) is 2.49. The van der Waals surface area contributed by atoms with E-state index in [-0.39, 0.29) is 0 Å². The van der Waals surface area contributed by atoms with Gasteiger partial charge in [-0.1, -0.05) is 19.1 Å². The van der Waals surface area contributed by atoms with Crippen molar-refractivity contribution in [1.29, 1.82) is 0 Å². The Labute approximate surface area is 113 Å². The summed E-state index contributed by atoms with van der Waals surface area (Å²) in [5.74, 6) is 0.884. The lowest BCUT2D eigenvalue weighted by molar-refractivity contribution is 0.414. The van der Waals surface area contributed by atoms with Crippen LogP contribution in [0, 0.1) is 0 Å². The van der Waals surface area contributed by atoms with Crippen molar-refractivity contribution in [2.75, 3.05) is 7.11 Å². The highest BCUT2D eigenvalue weighted by molar-refractivity contribution is 5.29.